The molecule has 0 N–H and O–H groups in total. The van der Waals surface area contributed by atoms with Gasteiger partial charge < -0.3 is 8.23 Å². The average molecular weight is 552 g/mol. The summed E-state index contributed by atoms with van der Waals surface area (Å²) < 4.78 is 13.9. The van der Waals surface area contributed by atoms with Gasteiger partial charge in [-0.1, -0.05) is 77.8 Å². The Kier molecular flexibility index (Phi) is 8.51. The van der Waals surface area contributed by atoms with Crippen LogP contribution in [-0.4, -0.2) is 25.2 Å². The third-order valence-corrected chi connectivity index (χ3v) is 17.3. The van der Waals surface area contributed by atoms with Crippen LogP contribution in [0.25, 0.3) is 0 Å². The van der Waals surface area contributed by atoms with Crippen LogP contribution in [0.2, 0.25) is 55.9 Å². The molecule has 0 bridgehead atoms. The molecule has 0 saturated heterocycles. The molecule has 0 aromatic heterocycles. The molecule has 33 heavy (non-hydrogen) atoms. The van der Waals surface area contributed by atoms with Crippen molar-refractivity contribution in [2.45, 2.75) is 45.8 Å². The molecule has 8 heteroatoms. The Morgan fingerprint density at radius 3 is 1.61 bits per heavy atom. The first-order chi connectivity index (χ1) is 15.3. The first kappa shape index (κ1) is 26.8. The highest BCUT2D eigenvalue weighted by atomic mass is 35.5. The predicted octanol–water partition coefficient (Wildman–Crippen LogP) is 6.73. The normalized spacial score (nSPS) is 13.7. The Labute approximate surface area is 213 Å². The Morgan fingerprint density at radius 1 is 0.606 bits per heavy atom. The molecular formula is C25H33Cl2O2PSi3. The molecule has 0 aliphatic carbocycles. The van der Waals surface area contributed by atoms with Crippen LogP contribution < -0.4 is 21.1 Å². The van der Waals surface area contributed by atoms with E-state index in [1.807, 2.05) is 12.1 Å². The van der Waals surface area contributed by atoms with Gasteiger partial charge in [0.15, 0.2) is 16.6 Å². The van der Waals surface area contributed by atoms with Crippen molar-refractivity contribution in [1.82, 2.24) is 0 Å². The minimum Gasteiger partial charge on any atom is -0.433 e. The van der Waals surface area contributed by atoms with E-state index < -0.39 is 33.1 Å². The van der Waals surface area contributed by atoms with E-state index in [1.165, 1.54) is 15.8 Å². The van der Waals surface area contributed by atoms with Crippen molar-refractivity contribution < 1.29 is 8.23 Å². The molecular weight excluding hydrogens is 518 g/mol. The summed E-state index contributed by atoms with van der Waals surface area (Å²) >= 11 is 12.9. The number of hydrogen-bond acceptors (Lipinski definition) is 2. The molecule has 0 amide bonds. The van der Waals surface area contributed by atoms with Gasteiger partial charge in [0.1, 0.15) is 0 Å². The molecule has 0 fully saturated rings. The fourth-order valence-corrected chi connectivity index (χ4v) is 19.8. The van der Waals surface area contributed by atoms with Crippen molar-refractivity contribution in [3.05, 3.63) is 82.8 Å². The molecule has 0 heterocycles. The van der Waals surface area contributed by atoms with Gasteiger partial charge in [0.05, 0.1) is 0 Å². The maximum Gasteiger partial charge on any atom is 0.349 e. The lowest BCUT2D eigenvalue weighted by molar-refractivity contribution is 0.405. The van der Waals surface area contributed by atoms with Gasteiger partial charge in [0, 0.05) is 15.2 Å². The highest BCUT2D eigenvalue weighted by Crippen LogP contribution is 2.35. The van der Waals surface area contributed by atoms with Crippen molar-refractivity contribution in [3.63, 3.8) is 0 Å². The molecule has 0 spiro atoms. The second-order valence-corrected chi connectivity index (χ2v) is 25.8. The van der Waals surface area contributed by atoms with E-state index >= 15 is 0 Å². The number of halogens is 2. The zero-order valence-electron chi connectivity index (χ0n) is 20.4. The lowest BCUT2D eigenvalue weighted by Crippen LogP contribution is -2.63. The molecule has 0 aliphatic rings. The highest BCUT2D eigenvalue weighted by molar-refractivity contribution is 7.80. The van der Waals surface area contributed by atoms with Gasteiger partial charge in [-0.2, -0.15) is 0 Å². The van der Waals surface area contributed by atoms with E-state index in [0.717, 1.165) is 5.30 Å². The van der Waals surface area contributed by atoms with Crippen LogP contribution in [0.15, 0.2) is 72.8 Å². The van der Waals surface area contributed by atoms with Gasteiger partial charge in [-0.05, 0) is 87.9 Å². The zero-order valence-corrected chi connectivity index (χ0v) is 25.9. The SMILES string of the molecule is C[Si](C)(C)O[Si](C)(O[Si](C)(C)C)c1ccccc1P(c1ccccc1)c1cc(Cl)cc(Cl)c1. The molecule has 3 rings (SSSR count). The molecule has 1 unspecified atom stereocenters. The Bertz CT molecular complexity index is 1060. The Balaban J connectivity index is 2.29. The van der Waals surface area contributed by atoms with Gasteiger partial charge in [0.2, 0.25) is 0 Å². The van der Waals surface area contributed by atoms with Crippen molar-refractivity contribution in [1.29, 1.82) is 0 Å². The van der Waals surface area contributed by atoms with Gasteiger partial charge in [0.25, 0.3) is 0 Å². The van der Waals surface area contributed by atoms with E-state index in [1.54, 1.807) is 6.07 Å². The maximum absolute atomic E-state index is 6.95. The van der Waals surface area contributed by atoms with E-state index in [9.17, 15) is 0 Å². The number of hydrogen-bond donors (Lipinski definition) is 0. The van der Waals surface area contributed by atoms with E-state index in [-0.39, 0.29) is 0 Å². The second kappa shape index (κ2) is 10.5. The fraction of sp³-hybridized carbons (Fsp3) is 0.280. The lowest BCUT2D eigenvalue weighted by atomic mass is 10.3. The summed E-state index contributed by atoms with van der Waals surface area (Å²) in [6.07, 6.45) is 0. The fourth-order valence-electron chi connectivity index (χ4n) is 4.02. The summed E-state index contributed by atoms with van der Waals surface area (Å²) in [4.78, 5) is 0. The molecule has 1 atom stereocenters. The van der Waals surface area contributed by atoms with Crippen molar-refractivity contribution in [2.75, 3.05) is 0 Å². The van der Waals surface area contributed by atoms with Crippen LogP contribution in [-0.2, 0) is 8.23 Å². The van der Waals surface area contributed by atoms with Crippen LogP contribution in [0.5, 0.6) is 0 Å². The molecule has 176 valence electrons. The molecule has 3 aromatic carbocycles. The summed E-state index contributed by atoms with van der Waals surface area (Å²) in [5.74, 6) is 0. The van der Waals surface area contributed by atoms with Crippen LogP contribution >= 0.6 is 31.1 Å². The third-order valence-electron chi connectivity index (χ3n) is 4.76. The van der Waals surface area contributed by atoms with E-state index in [0.29, 0.717) is 10.0 Å². The highest BCUT2D eigenvalue weighted by Gasteiger charge is 2.44. The maximum atomic E-state index is 6.95. The lowest BCUT2D eigenvalue weighted by Gasteiger charge is -2.40. The summed E-state index contributed by atoms with van der Waals surface area (Å²) in [6.45, 7) is 15.7. The van der Waals surface area contributed by atoms with E-state index in [4.69, 9.17) is 31.4 Å². The predicted molar refractivity (Wildman–Crippen MR) is 155 cm³/mol. The van der Waals surface area contributed by atoms with Gasteiger partial charge in [-0.25, -0.2) is 0 Å². The number of rotatable bonds is 8. The average Bonchev–Trinajstić information content (AvgIpc) is 2.66. The van der Waals surface area contributed by atoms with Crippen molar-refractivity contribution >= 4 is 77.4 Å². The summed E-state index contributed by atoms with van der Waals surface area (Å²) in [6, 6.07) is 25.1. The molecule has 2 nitrogen and oxygen atoms in total. The van der Waals surface area contributed by atoms with Crippen LogP contribution in [0, 0.1) is 0 Å². The first-order valence-corrected chi connectivity index (χ1v) is 22.3. The van der Waals surface area contributed by atoms with Crippen LogP contribution in [0.3, 0.4) is 0 Å². The minimum absolute atomic E-state index is 0.648. The van der Waals surface area contributed by atoms with Crippen LogP contribution in [0.1, 0.15) is 0 Å². The van der Waals surface area contributed by atoms with E-state index in [2.05, 4.69) is 100 Å². The minimum atomic E-state index is -2.72. The van der Waals surface area contributed by atoms with Crippen molar-refractivity contribution in [3.8, 4) is 0 Å². The molecule has 3 aromatic rings. The largest absolute Gasteiger partial charge is 0.433 e. The monoisotopic (exact) mass is 550 g/mol. The summed E-state index contributed by atoms with van der Waals surface area (Å²) in [5, 5.41) is 6.13. The standard InChI is InChI=1S/C25H33Cl2O2PSi3/c1-31(2,3)28-33(7,29-32(4,5)6)25-16-12-11-15-24(25)30(22-13-9-8-10-14-22)23-18-20(26)17-21(27)19-23/h8-19H,1-7H3. The number of benzene rings is 3. The van der Waals surface area contributed by atoms with Gasteiger partial charge in [-0.15, -0.1) is 0 Å². The quantitative estimate of drug-likeness (QED) is 0.228. The smallest absolute Gasteiger partial charge is 0.349 e. The van der Waals surface area contributed by atoms with Crippen LogP contribution in [0.4, 0.5) is 0 Å². The molecule has 0 saturated carbocycles. The third kappa shape index (κ3) is 7.36. The zero-order chi connectivity index (χ0) is 24.4. The van der Waals surface area contributed by atoms with Gasteiger partial charge in [-0.3, -0.25) is 0 Å². The molecule has 0 aliphatic heterocycles. The summed E-state index contributed by atoms with van der Waals surface area (Å²) in [5.41, 5.74) is 0. The molecule has 0 radical (unpaired) electrons. The Hall–Kier alpha value is -0.759. The Morgan fingerprint density at radius 2 is 1.09 bits per heavy atom. The summed E-state index contributed by atoms with van der Waals surface area (Å²) in [7, 11) is -7.40. The second-order valence-electron chi connectivity index (χ2n) is 10.2. The van der Waals surface area contributed by atoms with Gasteiger partial charge >= 0.3 is 8.56 Å². The van der Waals surface area contributed by atoms with Crippen molar-refractivity contribution in [2.24, 2.45) is 0 Å². The topological polar surface area (TPSA) is 18.5 Å². The first-order valence-electron chi connectivity index (χ1n) is 11.1.